The smallest absolute Gasteiger partial charge is 0.372 e. The number of benzene rings is 3. The average Bonchev–Trinajstić information content (AvgIpc) is 2.74. The zero-order valence-electron chi connectivity index (χ0n) is 16.4. The van der Waals surface area contributed by atoms with Gasteiger partial charge in [-0.15, -0.1) is 0 Å². The van der Waals surface area contributed by atoms with Gasteiger partial charge in [0.25, 0.3) is 0 Å². The highest BCUT2D eigenvalue weighted by Crippen LogP contribution is 2.36. The van der Waals surface area contributed by atoms with Gasteiger partial charge in [-0.3, -0.25) is 0 Å². The third kappa shape index (κ3) is 4.94. The second-order valence-corrected chi connectivity index (χ2v) is 6.43. The molecule has 0 saturated carbocycles. The molecular formula is C22H21O6Si. The summed E-state index contributed by atoms with van der Waals surface area (Å²) in [6, 6.07) is 21.5. The molecule has 0 saturated heterocycles. The topological polar surface area (TPSA) is 55.4 Å². The quantitative estimate of drug-likeness (QED) is 0.393. The van der Waals surface area contributed by atoms with Gasteiger partial charge in [-0.25, -0.2) is 0 Å². The number of hydrogen-bond donors (Lipinski definition) is 0. The molecule has 0 aliphatic carbocycles. The summed E-state index contributed by atoms with van der Waals surface area (Å²) in [5.41, 5.74) is -1.75. The van der Waals surface area contributed by atoms with Crippen LogP contribution in [-0.4, -0.2) is 37.2 Å². The van der Waals surface area contributed by atoms with Crippen LogP contribution in [0.5, 0.6) is 34.5 Å². The number of hydrogen-bond acceptors (Lipinski definition) is 6. The van der Waals surface area contributed by atoms with E-state index in [9.17, 15) is 0 Å². The lowest BCUT2D eigenvalue weighted by Crippen LogP contribution is -2.49. The molecule has 3 radical (unpaired) electrons. The molecule has 0 bridgehead atoms. The van der Waals surface area contributed by atoms with E-state index in [0.29, 0.717) is 34.5 Å². The molecule has 0 amide bonds. The van der Waals surface area contributed by atoms with Crippen LogP contribution >= 0.6 is 0 Å². The lowest BCUT2D eigenvalue weighted by Gasteiger charge is -2.32. The van der Waals surface area contributed by atoms with Gasteiger partial charge < -0.3 is 28.4 Å². The van der Waals surface area contributed by atoms with Crippen molar-refractivity contribution in [1.29, 1.82) is 0 Å². The summed E-state index contributed by atoms with van der Waals surface area (Å²) in [5.74, 6) is 2.78. The molecule has 0 heterocycles. The molecule has 0 fully saturated rings. The van der Waals surface area contributed by atoms with E-state index in [2.05, 4.69) is 10.2 Å². The molecule has 149 valence electrons. The number of para-hydroxylation sites is 6. The normalized spacial score (nSPS) is 10.8. The summed E-state index contributed by atoms with van der Waals surface area (Å²) in [4.78, 5) is 0. The Morgan fingerprint density at radius 2 is 0.724 bits per heavy atom. The Balaban J connectivity index is 2.00. The minimum Gasteiger partial charge on any atom is -0.493 e. The van der Waals surface area contributed by atoms with Crippen LogP contribution in [0, 0.1) is 0 Å². The number of methoxy groups -OCH3 is 3. The van der Waals surface area contributed by atoms with Crippen molar-refractivity contribution in [3.63, 3.8) is 0 Å². The Hall–Kier alpha value is -3.32. The summed E-state index contributed by atoms with van der Waals surface area (Å²) in [6.07, 6.45) is 0. The van der Waals surface area contributed by atoms with Crippen LogP contribution < -0.4 is 28.4 Å². The molecule has 0 atom stereocenters. The van der Waals surface area contributed by atoms with Gasteiger partial charge >= 0.3 is 5.60 Å². The Labute approximate surface area is 173 Å². The standard InChI is InChI=1S/C22H21O6Si/c1-23-16-10-4-7-13-19(16)26-22(29,27-20-14-8-5-11-17(20)24-2)28-21-15-9-6-12-18(21)25-3/h4-15H,1-3H3. The molecule has 3 aromatic rings. The van der Waals surface area contributed by atoms with Crippen molar-refractivity contribution in [2.75, 3.05) is 21.3 Å². The molecule has 0 N–H and O–H groups in total. The van der Waals surface area contributed by atoms with Gasteiger partial charge in [0.15, 0.2) is 34.5 Å². The van der Waals surface area contributed by atoms with Crippen LogP contribution in [0.25, 0.3) is 0 Å². The monoisotopic (exact) mass is 409 g/mol. The maximum absolute atomic E-state index is 6.06. The van der Waals surface area contributed by atoms with Crippen molar-refractivity contribution in [2.24, 2.45) is 0 Å². The molecule has 3 aromatic carbocycles. The van der Waals surface area contributed by atoms with Gasteiger partial charge in [0.1, 0.15) is 0 Å². The summed E-state index contributed by atoms with van der Waals surface area (Å²) in [6.45, 7) is 0. The highest BCUT2D eigenvalue weighted by atomic mass is 28.1. The highest BCUT2D eigenvalue weighted by molar-refractivity contribution is 6.13. The molecular weight excluding hydrogens is 388 g/mol. The Bertz CT molecular complexity index is 825. The molecule has 29 heavy (non-hydrogen) atoms. The maximum atomic E-state index is 6.06. The minimum atomic E-state index is -1.75. The van der Waals surface area contributed by atoms with Crippen LogP contribution in [0.15, 0.2) is 72.8 Å². The molecule has 6 nitrogen and oxygen atoms in total. The number of rotatable bonds is 9. The first-order valence-electron chi connectivity index (χ1n) is 8.79. The lowest BCUT2D eigenvalue weighted by molar-refractivity contribution is -0.185. The van der Waals surface area contributed by atoms with Gasteiger partial charge in [-0.1, -0.05) is 36.4 Å². The highest BCUT2D eigenvalue weighted by Gasteiger charge is 2.35. The second-order valence-electron chi connectivity index (χ2n) is 5.81. The van der Waals surface area contributed by atoms with Crippen molar-refractivity contribution in [2.45, 2.75) is 5.60 Å². The van der Waals surface area contributed by atoms with E-state index in [1.54, 1.807) is 57.7 Å². The SMILES string of the molecule is COc1ccccc1OC([Si])(Oc1ccccc1OC)Oc1ccccc1OC. The van der Waals surface area contributed by atoms with Crippen LogP contribution in [0.2, 0.25) is 0 Å². The van der Waals surface area contributed by atoms with Gasteiger partial charge in [-0.05, 0) is 36.4 Å². The molecule has 0 aliphatic rings. The van der Waals surface area contributed by atoms with Crippen molar-refractivity contribution >= 4 is 10.2 Å². The maximum Gasteiger partial charge on any atom is 0.372 e. The molecule has 0 aromatic heterocycles. The van der Waals surface area contributed by atoms with Gasteiger partial charge in [0.2, 0.25) is 10.2 Å². The van der Waals surface area contributed by atoms with Crippen LogP contribution in [0.3, 0.4) is 0 Å². The van der Waals surface area contributed by atoms with E-state index in [1.165, 1.54) is 0 Å². The third-order valence-corrected chi connectivity index (χ3v) is 4.25. The van der Waals surface area contributed by atoms with Crippen LogP contribution in [-0.2, 0) is 0 Å². The third-order valence-electron chi connectivity index (χ3n) is 3.94. The van der Waals surface area contributed by atoms with E-state index in [-0.39, 0.29) is 0 Å². The molecule has 7 heteroatoms. The Morgan fingerprint density at radius 3 is 0.966 bits per heavy atom. The fourth-order valence-corrected chi connectivity index (χ4v) is 2.94. The Morgan fingerprint density at radius 1 is 0.483 bits per heavy atom. The first-order chi connectivity index (χ1) is 14.1. The average molecular weight is 409 g/mol. The first-order valence-corrected chi connectivity index (χ1v) is 9.29. The molecule has 0 aliphatic heterocycles. The lowest BCUT2D eigenvalue weighted by atomic mass is 10.3. The molecule has 0 spiro atoms. The van der Waals surface area contributed by atoms with E-state index in [4.69, 9.17) is 28.4 Å². The fourth-order valence-electron chi connectivity index (χ4n) is 2.61. The van der Waals surface area contributed by atoms with Crippen molar-refractivity contribution in [1.82, 2.24) is 0 Å². The fraction of sp³-hybridized carbons (Fsp3) is 0.182. The number of ether oxygens (including phenoxy) is 6. The predicted molar refractivity (Wildman–Crippen MR) is 109 cm³/mol. The summed E-state index contributed by atoms with van der Waals surface area (Å²) >= 11 is 0. The second kappa shape index (κ2) is 9.25. The van der Waals surface area contributed by atoms with Crippen LogP contribution in [0.4, 0.5) is 0 Å². The van der Waals surface area contributed by atoms with E-state index >= 15 is 0 Å². The van der Waals surface area contributed by atoms with Gasteiger partial charge in [-0.2, -0.15) is 0 Å². The van der Waals surface area contributed by atoms with E-state index in [1.807, 2.05) is 36.4 Å². The zero-order valence-corrected chi connectivity index (χ0v) is 17.4. The van der Waals surface area contributed by atoms with E-state index < -0.39 is 5.60 Å². The van der Waals surface area contributed by atoms with Gasteiger partial charge in [0, 0.05) is 0 Å². The summed E-state index contributed by atoms with van der Waals surface area (Å²) in [7, 11) is 8.18. The first kappa shape index (κ1) is 20.4. The van der Waals surface area contributed by atoms with Gasteiger partial charge in [0.05, 0.1) is 21.3 Å². The minimum absolute atomic E-state index is 0.412. The molecule has 0 unspecified atom stereocenters. The summed E-state index contributed by atoms with van der Waals surface area (Å²) < 4.78 is 34.3. The summed E-state index contributed by atoms with van der Waals surface area (Å²) in [5, 5.41) is 0. The van der Waals surface area contributed by atoms with E-state index in [0.717, 1.165) is 0 Å². The largest absolute Gasteiger partial charge is 0.493 e. The molecule has 3 rings (SSSR count). The predicted octanol–water partition coefficient (Wildman–Crippen LogP) is 4.03. The zero-order chi connectivity index (χ0) is 20.7. The van der Waals surface area contributed by atoms with Crippen molar-refractivity contribution in [3.05, 3.63) is 72.8 Å². The van der Waals surface area contributed by atoms with Crippen molar-refractivity contribution in [3.8, 4) is 34.5 Å². The van der Waals surface area contributed by atoms with Crippen LogP contribution in [0.1, 0.15) is 0 Å². The Kier molecular flexibility index (Phi) is 6.51. The van der Waals surface area contributed by atoms with Crippen molar-refractivity contribution < 1.29 is 28.4 Å².